The van der Waals surface area contributed by atoms with Crippen LogP contribution in [0.2, 0.25) is 5.02 Å². The second-order valence-corrected chi connectivity index (χ2v) is 12.0. The molecule has 1 heterocycles. The highest BCUT2D eigenvalue weighted by Crippen LogP contribution is 2.42. The second kappa shape index (κ2) is 10.7. The third-order valence-corrected chi connectivity index (χ3v) is 9.40. The minimum atomic E-state index is -0.659. The number of hydrogen-bond donors (Lipinski definition) is 2. The number of urea groups is 1. The summed E-state index contributed by atoms with van der Waals surface area (Å²) in [4.78, 5) is 15.0. The number of allylic oxidation sites excluding steroid dienone is 1. The molecule has 5 aromatic rings. The first-order valence-corrected chi connectivity index (χ1v) is 14.9. The van der Waals surface area contributed by atoms with Gasteiger partial charge in [0.2, 0.25) is 0 Å². The van der Waals surface area contributed by atoms with Crippen LogP contribution in [0.4, 0.5) is 16.2 Å². The molecule has 2 aliphatic rings. The van der Waals surface area contributed by atoms with Crippen molar-refractivity contribution in [2.24, 2.45) is 0 Å². The van der Waals surface area contributed by atoms with Gasteiger partial charge in [0.1, 0.15) is 0 Å². The highest BCUT2D eigenvalue weighted by Gasteiger charge is 2.23. The number of hydroxylamine groups is 1. The molecule has 0 saturated carbocycles. The summed E-state index contributed by atoms with van der Waals surface area (Å²) >= 11 is 7.75. The number of nitrogens with one attached hydrogen (secondary N) is 1. The molecule has 0 atom stereocenters. The van der Waals surface area contributed by atoms with E-state index in [1.807, 2.05) is 18.2 Å². The van der Waals surface area contributed by atoms with Crippen LogP contribution in [0.1, 0.15) is 33.6 Å². The number of hydrogen-bond acceptors (Lipinski definition) is 3. The smallest absolute Gasteiger partial charge is 0.306 e. The fraction of sp³-hybridized carbons (Fsp3) is 0.114. The molecule has 6 heteroatoms. The summed E-state index contributed by atoms with van der Waals surface area (Å²) in [5.41, 5.74) is 11.8. The van der Waals surface area contributed by atoms with E-state index < -0.39 is 6.03 Å². The lowest BCUT2D eigenvalue weighted by molar-refractivity contribution is 0.216. The molecule has 4 nitrogen and oxygen atoms in total. The van der Waals surface area contributed by atoms with Crippen LogP contribution >= 0.6 is 22.9 Å². The van der Waals surface area contributed by atoms with Crippen LogP contribution in [-0.4, -0.2) is 11.2 Å². The fourth-order valence-corrected chi connectivity index (χ4v) is 7.21. The zero-order valence-corrected chi connectivity index (χ0v) is 23.8. The number of carbonyl (C=O) groups excluding carboxylic acids is 1. The van der Waals surface area contributed by atoms with E-state index in [4.69, 9.17) is 11.6 Å². The molecule has 2 amide bonds. The van der Waals surface area contributed by atoms with Crippen molar-refractivity contribution in [1.82, 2.24) is 0 Å². The van der Waals surface area contributed by atoms with Crippen molar-refractivity contribution in [2.45, 2.75) is 25.7 Å². The third-order valence-electron chi connectivity index (χ3n) is 7.96. The number of anilines is 2. The van der Waals surface area contributed by atoms with Gasteiger partial charge in [-0.05, 0) is 113 Å². The van der Waals surface area contributed by atoms with Gasteiger partial charge in [-0.3, -0.25) is 5.21 Å². The Morgan fingerprint density at radius 3 is 2.51 bits per heavy atom. The van der Waals surface area contributed by atoms with Gasteiger partial charge in [-0.1, -0.05) is 72.3 Å². The Morgan fingerprint density at radius 2 is 1.61 bits per heavy atom. The van der Waals surface area contributed by atoms with E-state index in [2.05, 4.69) is 59.9 Å². The molecule has 0 unspecified atom stereocenters. The van der Waals surface area contributed by atoms with Crippen molar-refractivity contribution in [1.29, 1.82) is 0 Å². The van der Waals surface area contributed by atoms with Crippen LogP contribution < -0.4 is 10.4 Å². The number of fused-ring (bicyclic) bond motifs is 5. The number of aryl methyl sites for hydroxylation is 1. The summed E-state index contributed by atoms with van der Waals surface area (Å²) in [6.45, 7) is 0. The lowest BCUT2D eigenvalue weighted by atomic mass is 9.78. The zero-order chi connectivity index (χ0) is 27.9. The lowest BCUT2D eigenvalue weighted by Gasteiger charge is -2.26. The largest absolute Gasteiger partial charge is 0.350 e. The number of amides is 2. The number of rotatable bonds is 4. The van der Waals surface area contributed by atoms with Crippen molar-refractivity contribution in [3.63, 3.8) is 0 Å². The van der Waals surface area contributed by atoms with Crippen molar-refractivity contribution in [2.75, 3.05) is 10.4 Å². The Labute approximate surface area is 248 Å². The van der Waals surface area contributed by atoms with Gasteiger partial charge < -0.3 is 5.32 Å². The van der Waals surface area contributed by atoms with Gasteiger partial charge in [-0.2, -0.15) is 5.06 Å². The predicted molar refractivity (Wildman–Crippen MR) is 170 cm³/mol. The average molecular weight is 575 g/mol. The van der Waals surface area contributed by atoms with Crippen molar-refractivity contribution in [3.05, 3.63) is 129 Å². The van der Waals surface area contributed by atoms with Crippen LogP contribution in [0.25, 0.3) is 33.2 Å². The number of halogens is 1. The highest BCUT2D eigenvalue weighted by molar-refractivity contribution is 7.16. The monoisotopic (exact) mass is 574 g/mol. The van der Waals surface area contributed by atoms with Crippen LogP contribution in [0.3, 0.4) is 0 Å². The van der Waals surface area contributed by atoms with E-state index >= 15 is 0 Å². The minimum Gasteiger partial charge on any atom is -0.306 e. The topological polar surface area (TPSA) is 52.6 Å². The summed E-state index contributed by atoms with van der Waals surface area (Å²) in [7, 11) is 0. The van der Waals surface area contributed by atoms with E-state index in [0.29, 0.717) is 21.5 Å². The van der Waals surface area contributed by atoms with Gasteiger partial charge in [0.15, 0.2) is 0 Å². The molecule has 41 heavy (non-hydrogen) atoms. The van der Waals surface area contributed by atoms with Gasteiger partial charge >= 0.3 is 6.03 Å². The van der Waals surface area contributed by atoms with Crippen LogP contribution in [0.5, 0.6) is 0 Å². The number of nitrogens with zero attached hydrogens (tertiary/aromatic N) is 1. The summed E-state index contributed by atoms with van der Waals surface area (Å²) in [5, 5.41) is 14.4. The normalized spacial score (nSPS) is 13.5. The number of thiophene rings is 1. The van der Waals surface area contributed by atoms with E-state index in [1.54, 1.807) is 41.7 Å². The molecule has 0 spiro atoms. The van der Waals surface area contributed by atoms with Crippen LogP contribution in [0, 0.1) is 0 Å². The minimum absolute atomic E-state index is 0.383. The molecule has 2 N–H and O–H groups in total. The SMILES string of the molecule is O=C(Nc1cccc(Cl)c1)N(O)c1cccc(-c2ccc(C3=Cc4ccc5c(c4CC3)CCc3ccccc3-5)s2)c1. The van der Waals surface area contributed by atoms with Crippen LogP contribution in [-0.2, 0) is 19.3 Å². The summed E-state index contributed by atoms with van der Waals surface area (Å²) in [6.07, 6.45) is 6.64. The molecule has 7 rings (SSSR count). The van der Waals surface area contributed by atoms with Crippen molar-refractivity contribution >= 4 is 52.0 Å². The molecular weight excluding hydrogens is 548 g/mol. The molecule has 4 aromatic carbocycles. The van der Waals surface area contributed by atoms with E-state index in [9.17, 15) is 10.0 Å². The maximum atomic E-state index is 12.7. The first-order chi connectivity index (χ1) is 20.0. The molecule has 1 aromatic heterocycles. The Hall–Kier alpha value is -4.16. The number of carbonyl (C=O) groups is 1. The molecular formula is C35H27ClN2O2S. The lowest BCUT2D eigenvalue weighted by Crippen LogP contribution is -2.31. The predicted octanol–water partition coefficient (Wildman–Crippen LogP) is 9.75. The number of benzene rings is 4. The zero-order valence-electron chi connectivity index (χ0n) is 22.2. The Morgan fingerprint density at radius 1 is 0.780 bits per heavy atom. The molecule has 0 saturated heterocycles. The standard InChI is InChI=1S/C35H27ClN2O2S/c36-26-7-4-8-27(21-26)37-35(39)38(40)28-9-3-6-24(20-28)33-17-18-34(41-33)25-13-14-30-23(19-25)12-16-31-29-10-2-1-5-22(29)11-15-32(30)31/h1-10,12,16-21,40H,11,13-15H2,(H,37,39). The van der Waals surface area contributed by atoms with Crippen LogP contribution in [0.15, 0.2) is 97.1 Å². The molecule has 202 valence electrons. The Bertz CT molecular complexity index is 1840. The summed E-state index contributed by atoms with van der Waals surface area (Å²) in [5.74, 6) is 0. The highest BCUT2D eigenvalue weighted by atomic mass is 35.5. The maximum Gasteiger partial charge on any atom is 0.350 e. The van der Waals surface area contributed by atoms with Gasteiger partial charge in [0, 0.05) is 20.5 Å². The third kappa shape index (κ3) is 4.97. The van der Waals surface area contributed by atoms with E-state index in [1.165, 1.54) is 43.8 Å². The average Bonchev–Trinajstić information content (AvgIpc) is 3.51. The molecule has 0 fully saturated rings. The first kappa shape index (κ1) is 25.8. The van der Waals surface area contributed by atoms with Gasteiger partial charge in [-0.15, -0.1) is 11.3 Å². The van der Waals surface area contributed by atoms with Crippen molar-refractivity contribution < 1.29 is 10.0 Å². The van der Waals surface area contributed by atoms with Gasteiger partial charge in [0.25, 0.3) is 0 Å². The van der Waals surface area contributed by atoms with Gasteiger partial charge in [0.05, 0.1) is 5.69 Å². The summed E-state index contributed by atoms with van der Waals surface area (Å²) in [6, 6.07) is 31.2. The second-order valence-electron chi connectivity index (χ2n) is 10.5. The van der Waals surface area contributed by atoms with Crippen molar-refractivity contribution in [3.8, 4) is 21.6 Å². The first-order valence-electron chi connectivity index (χ1n) is 13.7. The van der Waals surface area contributed by atoms with Gasteiger partial charge in [-0.25, -0.2) is 4.79 Å². The Balaban J connectivity index is 1.12. The van der Waals surface area contributed by atoms with E-state index in [-0.39, 0.29) is 0 Å². The molecule has 0 aliphatic heterocycles. The Kier molecular flexibility index (Phi) is 6.71. The fourth-order valence-electron chi connectivity index (χ4n) is 5.97. The molecule has 2 aliphatic carbocycles. The molecule has 0 radical (unpaired) electrons. The molecule has 0 bridgehead atoms. The maximum absolute atomic E-state index is 12.7. The van der Waals surface area contributed by atoms with E-state index in [0.717, 1.165) is 36.1 Å². The quantitative estimate of drug-likeness (QED) is 0.166. The summed E-state index contributed by atoms with van der Waals surface area (Å²) < 4.78 is 0.